The zero-order valence-electron chi connectivity index (χ0n) is 11.8. The molecule has 8 heteroatoms. The summed E-state index contributed by atoms with van der Waals surface area (Å²) in [5, 5.41) is 14.9. The number of rotatable bonds is 2. The van der Waals surface area contributed by atoms with E-state index >= 15 is 0 Å². The zero-order valence-corrected chi connectivity index (χ0v) is 11.8. The normalized spacial score (nSPS) is 11.5. The summed E-state index contributed by atoms with van der Waals surface area (Å²) in [5.41, 5.74) is 4.91. The van der Waals surface area contributed by atoms with Crippen LogP contribution in [0.25, 0.3) is 44.8 Å². The number of aromatic amines is 3. The lowest BCUT2D eigenvalue weighted by Gasteiger charge is -1.97. The molecule has 23 heavy (non-hydrogen) atoms. The molecule has 0 aliphatic rings. The third-order valence-corrected chi connectivity index (χ3v) is 3.74. The van der Waals surface area contributed by atoms with E-state index in [4.69, 9.17) is 0 Å². The number of imidazole rings is 1. The Morgan fingerprint density at radius 3 is 2.87 bits per heavy atom. The van der Waals surface area contributed by atoms with Gasteiger partial charge in [-0.25, -0.2) is 15.0 Å². The second-order valence-electron chi connectivity index (χ2n) is 5.14. The predicted octanol–water partition coefficient (Wildman–Crippen LogP) is 2.29. The molecule has 0 saturated carbocycles. The van der Waals surface area contributed by atoms with Gasteiger partial charge in [0.25, 0.3) is 0 Å². The maximum absolute atomic E-state index is 4.51. The molecule has 0 saturated heterocycles. The summed E-state index contributed by atoms with van der Waals surface area (Å²) in [7, 11) is 0. The van der Waals surface area contributed by atoms with Gasteiger partial charge in [-0.15, -0.1) is 0 Å². The average Bonchev–Trinajstić information content (AvgIpc) is 3.32. The molecular formula is C15H10N8. The van der Waals surface area contributed by atoms with Gasteiger partial charge in [0.05, 0.1) is 17.1 Å². The van der Waals surface area contributed by atoms with Gasteiger partial charge < -0.3 is 4.98 Å². The van der Waals surface area contributed by atoms with Gasteiger partial charge >= 0.3 is 0 Å². The van der Waals surface area contributed by atoms with Gasteiger partial charge in [-0.05, 0) is 18.2 Å². The van der Waals surface area contributed by atoms with E-state index in [1.807, 2.05) is 24.4 Å². The minimum absolute atomic E-state index is 0.640. The molecule has 0 atom stereocenters. The van der Waals surface area contributed by atoms with Gasteiger partial charge in [0.15, 0.2) is 17.1 Å². The third kappa shape index (κ3) is 1.81. The van der Waals surface area contributed by atoms with Crippen molar-refractivity contribution >= 4 is 22.2 Å². The van der Waals surface area contributed by atoms with Crippen LogP contribution >= 0.6 is 0 Å². The lowest BCUT2D eigenvalue weighted by Crippen LogP contribution is -1.83. The molecular weight excluding hydrogens is 292 g/mol. The Hall–Kier alpha value is -3.55. The van der Waals surface area contributed by atoms with Gasteiger partial charge in [0.1, 0.15) is 5.69 Å². The van der Waals surface area contributed by atoms with E-state index in [1.54, 1.807) is 18.6 Å². The average molecular weight is 302 g/mol. The van der Waals surface area contributed by atoms with E-state index in [2.05, 4.69) is 40.3 Å². The SMILES string of the molecule is c1cnc2nc(-c3[nH]nc4ncc(-c5cn[nH]c5)cc34)[nH]c2c1. The van der Waals surface area contributed by atoms with Crippen molar-refractivity contribution in [2.24, 2.45) is 0 Å². The Labute approximate surface area is 129 Å². The van der Waals surface area contributed by atoms with Crippen molar-refractivity contribution < 1.29 is 0 Å². The molecule has 0 unspecified atom stereocenters. The highest BCUT2D eigenvalue weighted by molar-refractivity contribution is 5.93. The quantitative estimate of drug-likeness (QED) is 0.463. The number of hydrogen-bond donors (Lipinski definition) is 3. The van der Waals surface area contributed by atoms with Gasteiger partial charge in [0.2, 0.25) is 0 Å². The van der Waals surface area contributed by atoms with E-state index < -0.39 is 0 Å². The summed E-state index contributed by atoms with van der Waals surface area (Å²) in [5.74, 6) is 0.687. The molecule has 0 aliphatic heterocycles. The van der Waals surface area contributed by atoms with Crippen LogP contribution in [0.1, 0.15) is 0 Å². The zero-order chi connectivity index (χ0) is 15.2. The van der Waals surface area contributed by atoms with Gasteiger partial charge in [-0.2, -0.15) is 10.2 Å². The van der Waals surface area contributed by atoms with Gasteiger partial charge in [0, 0.05) is 29.7 Å². The first kappa shape index (κ1) is 12.0. The second kappa shape index (κ2) is 4.47. The Morgan fingerprint density at radius 1 is 1.00 bits per heavy atom. The summed E-state index contributed by atoms with van der Waals surface area (Å²) >= 11 is 0. The van der Waals surface area contributed by atoms with Crippen LogP contribution in [-0.4, -0.2) is 40.3 Å². The molecule has 0 bridgehead atoms. The third-order valence-electron chi connectivity index (χ3n) is 3.74. The molecule has 110 valence electrons. The predicted molar refractivity (Wildman–Crippen MR) is 84.4 cm³/mol. The summed E-state index contributed by atoms with van der Waals surface area (Å²) in [6.07, 6.45) is 7.08. The monoisotopic (exact) mass is 302 g/mol. The van der Waals surface area contributed by atoms with E-state index in [-0.39, 0.29) is 0 Å². The van der Waals surface area contributed by atoms with Crippen molar-refractivity contribution in [3.63, 3.8) is 0 Å². The molecule has 0 aromatic carbocycles. The largest absolute Gasteiger partial charge is 0.335 e. The highest BCUT2D eigenvalue weighted by atomic mass is 15.2. The highest BCUT2D eigenvalue weighted by Crippen LogP contribution is 2.28. The van der Waals surface area contributed by atoms with Crippen LogP contribution < -0.4 is 0 Å². The van der Waals surface area contributed by atoms with E-state index in [0.717, 1.165) is 27.7 Å². The first-order valence-electron chi connectivity index (χ1n) is 7.03. The lowest BCUT2D eigenvalue weighted by atomic mass is 10.1. The summed E-state index contributed by atoms with van der Waals surface area (Å²) < 4.78 is 0. The molecule has 5 aromatic rings. The topological polar surface area (TPSA) is 112 Å². The number of aromatic nitrogens is 8. The molecule has 5 rings (SSSR count). The molecule has 0 radical (unpaired) electrons. The summed E-state index contributed by atoms with van der Waals surface area (Å²) in [6, 6.07) is 5.83. The minimum atomic E-state index is 0.640. The number of nitrogens with one attached hydrogen (secondary N) is 3. The van der Waals surface area contributed by atoms with Crippen LogP contribution in [0.2, 0.25) is 0 Å². The fourth-order valence-corrected chi connectivity index (χ4v) is 2.61. The Bertz CT molecular complexity index is 1090. The summed E-state index contributed by atoms with van der Waals surface area (Å²) in [4.78, 5) is 16.4. The number of H-pyrrole nitrogens is 3. The molecule has 5 heterocycles. The second-order valence-corrected chi connectivity index (χ2v) is 5.14. The fraction of sp³-hybridized carbons (Fsp3) is 0. The Balaban J connectivity index is 1.73. The van der Waals surface area contributed by atoms with Gasteiger partial charge in [-0.3, -0.25) is 10.2 Å². The van der Waals surface area contributed by atoms with Gasteiger partial charge in [-0.1, -0.05) is 0 Å². The van der Waals surface area contributed by atoms with Crippen molar-refractivity contribution in [1.82, 2.24) is 40.3 Å². The fourth-order valence-electron chi connectivity index (χ4n) is 2.61. The van der Waals surface area contributed by atoms with Crippen LogP contribution in [0.4, 0.5) is 0 Å². The first-order valence-corrected chi connectivity index (χ1v) is 7.03. The molecule has 0 spiro atoms. The van der Waals surface area contributed by atoms with Crippen LogP contribution in [0.5, 0.6) is 0 Å². The van der Waals surface area contributed by atoms with Crippen molar-refractivity contribution in [3.8, 4) is 22.6 Å². The van der Waals surface area contributed by atoms with Crippen molar-refractivity contribution in [3.05, 3.63) is 43.0 Å². The van der Waals surface area contributed by atoms with Crippen LogP contribution in [-0.2, 0) is 0 Å². The number of nitrogens with zero attached hydrogens (tertiary/aromatic N) is 5. The molecule has 0 amide bonds. The standard InChI is InChI=1S/C15H10N8/c1-2-11-14(16-3-1)21-15(20-11)12-10-4-8(9-6-18-19-7-9)5-17-13(10)23-22-12/h1-7H,(H,18,19)(H,16,20,21)(H,17,22,23). The number of fused-ring (bicyclic) bond motifs is 2. The smallest absolute Gasteiger partial charge is 0.181 e. The van der Waals surface area contributed by atoms with E-state index in [9.17, 15) is 0 Å². The molecule has 0 fully saturated rings. The highest BCUT2D eigenvalue weighted by Gasteiger charge is 2.14. The number of hydrogen-bond acceptors (Lipinski definition) is 5. The van der Waals surface area contributed by atoms with Crippen LogP contribution in [0.3, 0.4) is 0 Å². The Kier molecular flexibility index (Phi) is 2.34. The van der Waals surface area contributed by atoms with Crippen LogP contribution in [0, 0.1) is 0 Å². The molecule has 0 aliphatic carbocycles. The van der Waals surface area contributed by atoms with Crippen molar-refractivity contribution in [2.75, 3.05) is 0 Å². The lowest BCUT2D eigenvalue weighted by molar-refractivity contribution is 1.09. The maximum Gasteiger partial charge on any atom is 0.181 e. The maximum atomic E-state index is 4.51. The van der Waals surface area contributed by atoms with E-state index in [0.29, 0.717) is 17.1 Å². The molecule has 3 N–H and O–H groups in total. The molecule has 5 aromatic heterocycles. The number of pyridine rings is 2. The van der Waals surface area contributed by atoms with Crippen molar-refractivity contribution in [2.45, 2.75) is 0 Å². The van der Waals surface area contributed by atoms with Crippen molar-refractivity contribution in [1.29, 1.82) is 0 Å². The Morgan fingerprint density at radius 2 is 2.00 bits per heavy atom. The summed E-state index contributed by atoms with van der Waals surface area (Å²) in [6.45, 7) is 0. The molecule has 8 nitrogen and oxygen atoms in total. The minimum Gasteiger partial charge on any atom is -0.335 e. The van der Waals surface area contributed by atoms with Crippen LogP contribution in [0.15, 0.2) is 43.0 Å². The van der Waals surface area contributed by atoms with E-state index in [1.165, 1.54) is 0 Å². The first-order chi connectivity index (χ1) is 11.4.